The number of methoxy groups -OCH3 is 1. The van der Waals surface area contributed by atoms with Crippen molar-refractivity contribution in [2.45, 2.75) is 96.4 Å². The number of hydrogen-bond acceptors (Lipinski definition) is 6. The molecule has 0 aromatic heterocycles. The normalized spacial score (nSPS) is 22.5. The first-order valence-electron chi connectivity index (χ1n) is 15.0. The zero-order chi connectivity index (χ0) is 32.0. The minimum atomic E-state index is -3.53. The van der Waals surface area contributed by atoms with Crippen molar-refractivity contribution in [3.05, 3.63) is 40.6 Å². The number of nitrogens with two attached hydrogens (primary N) is 1. The number of halogens is 3. The van der Waals surface area contributed by atoms with Crippen LogP contribution < -0.4 is 10.5 Å². The third-order valence-electron chi connectivity index (χ3n) is 9.05. The monoisotopic (exact) mass is 623 g/mol. The van der Waals surface area contributed by atoms with Crippen LogP contribution >= 0.6 is 11.6 Å². The van der Waals surface area contributed by atoms with Crippen LogP contribution in [0.15, 0.2) is 35.0 Å². The van der Waals surface area contributed by atoms with Crippen LogP contribution in [0.3, 0.4) is 0 Å². The molecule has 2 bridgehead atoms. The Morgan fingerprint density at radius 2 is 1.72 bits per heavy atom. The first-order valence-corrected chi connectivity index (χ1v) is 15.4. The van der Waals surface area contributed by atoms with Gasteiger partial charge in [-0.15, -0.1) is 0 Å². The zero-order valence-electron chi connectivity index (χ0n) is 25.6. The van der Waals surface area contributed by atoms with Crippen molar-refractivity contribution < 1.29 is 33.0 Å². The molecule has 0 saturated heterocycles. The average molecular weight is 624 g/mol. The van der Waals surface area contributed by atoms with Gasteiger partial charge in [0.2, 0.25) is 0 Å². The van der Waals surface area contributed by atoms with E-state index in [2.05, 4.69) is 4.99 Å². The number of nitrogens with zero attached hydrogens (tertiary/aromatic N) is 2. The summed E-state index contributed by atoms with van der Waals surface area (Å²) in [5.74, 6) is -5.44. The van der Waals surface area contributed by atoms with E-state index in [0.717, 1.165) is 31.9 Å². The van der Waals surface area contributed by atoms with Crippen LogP contribution in [0.25, 0.3) is 0 Å². The number of aliphatic carboxylic acids is 1. The quantitative estimate of drug-likeness (QED) is 0.127. The fraction of sp³-hybridized carbons (Fsp3) is 0.625. The number of aliphatic imine (C=N–C) groups is 1. The fourth-order valence-electron chi connectivity index (χ4n) is 6.58. The number of benzene rings is 1. The number of ketones is 1. The molecule has 8 nitrogen and oxygen atoms in total. The highest BCUT2D eigenvalue weighted by molar-refractivity contribution is 6.34. The summed E-state index contributed by atoms with van der Waals surface area (Å²) in [6.45, 7) is 4.46. The molecule has 238 valence electrons. The van der Waals surface area contributed by atoms with Gasteiger partial charge in [0.15, 0.2) is 5.78 Å². The summed E-state index contributed by atoms with van der Waals surface area (Å²) in [6, 6.07) is 4.76. The Balaban J connectivity index is 2.03. The van der Waals surface area contributed by atoms with Crippen molar-refractivity contribution >= 4 is 35.0 Å². The van der Waals surface area contributed by atoms with Gasteiger partial charge in [-0.1, -0.05) is 44.4 Å². The molecule has 4 rings (SSSR count). The standard InChI is InChI=1S/C32H44ClF2N3O5/c1-5-8-21(9-6-2)19-38(20-24(39)26-23(33)10-7-11-25(26)43-4)28(40)22(18-36)27(30(3,34)35)37-32-15-12-31(13-16-32,14-17-32)29(41)42/h7,10-11,18,21H,5-6,8-9,12-17,19-20,36H2,1-4H3,(H,41,42). The number of rotatable bonds is 15. The van der Waals surface area contributed by atoms with Gasteiger partial charge >= 0.3 is 5.97 Å². The van der Waals surface area contributed by atoms with Crippen LogP contribution in [0.4, 0.5) is 8.78 Å². The summed E-state index contributed by atoms with van der Waals surface area (Å²) in [6.07, 6.45) is 6.09. The maximum absolute atomic E-state index is 15.3. The molecular weight excluding hydrogens is 580 g/mol. The number of carbonyl (C=O) groups excluding carboxylic acids is 2. The minimum Gasteiger partial charge on any atom is -0.496 e. The van der Waals surface area contributed by atoms with Crippen molar-refractivity contribution in [2.24, 2.45) is 22.1 Å². The van der Waals surface area contributed by atoms with E-state index < -0.39 is 52.4 Å². The second-order valence-electron chi connectivity index (χ2n) is 12.1. The molecule has 11 heteroatoms. The van der Waals surface area contributed by atoms with Crippen molar-refractivity contribution in [1.82, 2.24) is 4.90 Å². The number of carboxylic acid groups (broad SMARTS) is 1. The Hall–Kier alpha value is -3.01. The second-order valence-corrected chi connectivity index (χ2v) is 12.5. The molecule has 0 heterocycles. The van der Waals surface area contributed by atoms with E-state index in [1.807, 2.05) is 13.8 Å². The number of carbonyl (C=O) groups is 3. The van der Waals surface area contributed by atoms with Gasteiger partial charge in [-0.25, -0.2) is 0 Å². The first kappa shape index (κ1) is 34.5. The van der Waals surface area contributed by atoms with E-state index >= 15 is 8.78 Å². The number of carboxylic acids is 1. The van der Waals surface area contributed by atoms with Gasteiger partial charge in [-0.2, -0.15) is 8.78 Å². The topological polar surface area (TPSA) is 122 Å². The molecule has 0 spiro atoms. The highest BCUT2D eigenvalue weighted by Gasteiger charge is 2.53. The molecule has 1 aromatic rings. The van der Waals surface area contributed by atoms with Gasteiger partial charge in [-0.3, -0.25) is 19.4 Å². The molecular formula is C32H44ClF2N3O5. The van der Waals surface area contributed by atoms with Crippen LogP contribution in [0.5, 0.6) is 5.75 Å². The van der Waals surface area contributed by atoms with Crippen LogP contribution in [0.2, 0.25) is 5.02 Å². The van der Waals surface area contributed by atoms with E-state index in [-0.39, 0.29) is 28.8 Å². The van der Waals surface area contributed by atoms with Gasteiger partial charge in [0.25, 0.3) is 11.8 Å². The fourth-order valence-corrected chi connectivity index (χ4v) is 6.85. The van der Waals surface area contributed by atoms with Crippen molar-refractivity contribution in [2.75, 3.05) is 20.2 Å². The molecule has 0 aliphatic heterocycles. The summed E-state index contributed by atoms with van der Waals surface area (Å²) in [7, 11) is 1.40. The van der Waals surface area contributed by atoms with Crippen LogP contribution in [-0.2, 0) is 9.59 Å². The van der Waals surface area contributed by atoms with Gasteiger partial charge in [-0.05, 0) is 69.4 Å². The molecule has 3 aliphatic rings. The number of amides is 1. The van der Waals surface area contributed by atoms with Gasteiger partial charge < -0.3 is 20.5 Å². The Morgan fingerprint density at radius 1 is 1.14 bits per heavy atom. The Kier molecular flexibility index (Phi) is 11.4. The Morgan fingerprint density at radius 3 is 2.19 bits per heavy atom. The summed E-state index contributed by atoms with van der Waals surface area (Å²) in [5, 5.41) is 9.90. The predicted molar refractivity (Wildman–Crippen MR) is 163 cm³/mol. The number of ether oxygens (including phenoxy) is 1. The van der Waals surface area contributed by atoms with Gasteiger partial charge in [0.05, 0.1) is 40.8 Å². The zero-order valence-corrected chi connectivity index (χ0v) is 26.3. The maximum atomic E-state index is 15.3. The SMILES string of the molecule is CCCC(CCC)CN(CC(=O)c1c(Cl)cccc1OC)C(=O)C(=CN)C(=NC12CCC(C(=O)O)(CC1)CC2)C(C)(F)F. The van der Waals surface area contributed by atoms with Gasteiger partial charge in [0, 0.05) is 19.7 Å². The first-order chi connectivity index (χ1) is 20.3. The van der Waals surface area contributed by atoms with Crippen molar-refractivity contribution in [3.63, 3.8) is 0 Å². The smallest absolute Gasteiger partial charge is 0.309 e. The Bertz CT molecular complexity index is 1230. The molecule has 3 saturated carbocycles. The molecule has 1 amide bonds. The molecule has 0 atom stereocenters. The molecule has 0 unspecified atom stereocenters. The number of Topliss-reactive ketones (excluding diaryl/α,β-unsaturated/α-hetero) is 1. The maximum Gasteiger partial charge on any atom is 0.309 e. The van der Waals surface area contributed by atoms with Crippen LogP contribution in [0, 0.1) is 11.3 Å². The number of fused-ring (bicyclic) bond motifs is 3. The third-order valence-corrected chi connectivity index (χ3v) is 9.36. The van der Waals surface area contributed by atoms with Gasteiger partial charge in [0.1, 0.15) is 11.5 Å². The minimum absolute atomic E-state index is 0.0286. The largest absolute Gasteiger partial charge is 0.496 e. The summed E-state index contributed by atoms with van der Waals surface area (Å²) < 4.78 is 36.0. The highest BCUT2D eigenvalue weighted by Crippen LogP contribution is 2.54. The summed E-state index contributed by atoms with van der Waals surface area (Å²) in [4.78, 5) is 45.5. The van der Waals surface area contributed by atoms with Crippen LogP contribution in [0.1, 0.15) is 95.3 Å². The Labute approximate surface area is 257 Å². The lowest BCUT2D eigenvalue weighted by Gasteiger charge is -2.49. The highest BCUT2D eigenvalue weighted by atomic mass is 35.5. The third kappa shape index (κ3) is 7.75. The molecule has 3 N–H and O–H groups in total. The van der Waals surface area contributed by atoms with E-state index in [1.165, 1.54) is 12.0 Å². The molecule has 3 aliphatic carbocycles. The van der Waals surface area contributed by atoms with Crippen molar-refractivity contribution in [1.29, 1.82) is 0 Å². The predicted octanol–water partition coefficient (Wildman–Crippen LogP) is 6.69. The van der Waals surface area contributed by atoms with Crippen molar-refractivity contribution in [3.8, 4) is 5.75 Å². The molecule has 43 heavy (non-hydrogen) atoms. The molecule has 3 fully saturated rings. The lowest BCUT2D eigenvalue weighted by atomic mass is 9.57. The molecule has 1 aromatic carbocycles. The summed E-state index contributed by atoms with van der Waals surface area (Å²) >= 11 is 6.35. The van der Waals surface area contributed by atoms with Crippen LogP contribution in [-0.4, -0.2) is 65.0 Å². The van der Waals surface area contributed by atoms with E-state index in [0.29, 0.717) is 45.4 Å². The van der Waals surface area contributed by atoms with E-state index in [9.17, 15) is 19.5 Å². The van der Waals surface area contributed by atoms with E-state index in [4.69, 9.17) is 22.1 Å². The lowest BCUT2D eigenvalue weighted by molar-refractivity contribution is -0.155. The van der Waals surface area contributed by atoms with E-state index in [1.54, 1.807) is 18.2 Å². The lowest BCUT2D eigenvalue weighted by Crippen LogP contribution is -2.50. The summed E-state index contributed by atoms with van der Waals surface area (Å²) in [5.41, 5.74) is 3.05. The number of alkyl halides is 2. The molecule has 0 radical (unpaired) electrons. The average Bonchev–Trinajstić information content (AvgIpc) is 2.96. The second kappa shape index (κ2) is 14.2. The number of hydrogen-bond donors (Lipinski definition) is 2.